The topological polar surface area (TPSA) is 41.6 Å². The molecule has 114 valence electrons. The first kappa shape index (κ1) is 15.6. The lowest BCUT2D eigenvalue weighted by molar-refractivity contribution is -0.118. The van der Waals surface area contributed by atoms with Crippen LogP contribution in [-0.4, -0.2) is 31.5 Å². The van der Waals surface area contributed by atoms with Crippen molar-refractivity contribution in [3.63, 3.8) is 0 Å². The molecule has 0 radical (unpaired) electrons. The van der Waals surface area contributed by atoms with Crippen LogP contribution < -0.4 is 5.32 Å². The molecular formula is C17H24N2O2. The predicted molar refractivity (Wildman–Crippen MR) is 84.5 cm³/mol. The van der Waals surface area contributed by atoms with Crippen molar-refractivity contribution in [3.8, 4) is 0 Å². The Labute approximate surface area is 126 Å². The summed E-state index contributed by atoms with van der Waals surface area (Å²) in [6.07, 6.45) is 6.29. The number of benzene rings is 1. The molecule has 1 unspecified atom stereocenters. The van der Waals surface area contributed by atoms with Gasteiger partial charge in [0.25, 0.3) is 0 Å². The molecule has 0 aliphatic carbocycles. The Kier molecular flexibility index (Phi) is 5.81. The van der Waals surface area contributed by atoms with Crippen molar-refractivity contribution < 1.29 is 9.53 Å². The smallest absolute Gasteiger partial charge is 0.209 e. The zero-order chi connectivity index (χ0) is 15.1. The summed E-state index contributed by atoms with van der Waals surface area (Å²) in [6.45, 7) is 3.31. The summed E-state index contributed by atoms with van der Waals surface area (Å²) >= 11 is 0. The number of likely N-dealkylation sites (N-methyl/N-ethyl adjacent to an activating group) is 1. The molecule has 0 aromatic heterocycles. The largest absolute Gasteiger partial charge is 0.360 e. The Morgan fingerprint density at radius 1 is 1.38 bits per heavy atom. The highest BCUT2D eigenvalue weighted by molar-refractivity contribution is 5.59. The molecule has 21 heavy (non-hydrogen) atoms. The minimum Gasteiger partial charge on any atom is -0.360 e. The molecule has 1 atom stereocenters. The van der Waals surface area contributed by atoms with Gasteiger partial charge in [0.15, 0.2) is 6.23 Å². The van der Waals surface area contributed by atoms with Gasteiger partial charge in [-0.05, 0) is 24.5 Å². The first-order chi connectivity index (χ1) is 10.2. The molecule has 1 aliphatic rings. The van der Waals surface area contributed by atoms with Crippen molar-refractivity contribution in [1.82, 2.24) is 10.2 Å². The molecule has 4 heteroatoms. The third kappa shape index (κ3) is 4.33. The van der Waals surface area contributed by atoms with Crippen LogP contribution in [0.1, 0.15) is 43.5 Å². The minimum absolute atomic E-state index is 0.127. The average Bonchev–Trinajstić information content (AvgIpc) is 2.52. The molecule has 4 nitrogen and oxygen atoms in total. The van der Waals surface area contributed by atoms with E-state index in [4.69, 9.17) is 4.74 Å². The molecule has 1 N–H and O–H groups in total. The van der Waals surface area contributed by atoms with Crippen LogP contribution in [0.15, 0.2) is 30.0 Å². The fourth-order valence-corrected chi connectivity index (χ4v) is 2.37. The Morgan fingerprint density at radius 2 is 2.19 bits per heavy atom. The number of rotatable bonds is 8. The molecule has 0 spiro atoms. The van der Waals surface area contributed by atoms with Crippen molar-refractivity contribution in [2.24, 2.45) is 0 Å². The van der Waals surface area contributed by atoms with Crippen molar-refractivity contribution in [2.75, 3.05) is 20.2 Å². The van der Waals surface area contributed by atoms with Gasteiger partial charge in [-0.2, -0.15) is 0 Å². The summed E-state index contributed by atoms with van der Waals surface area (Å²) in [7, 11) is 1.76. The van der Waals surface area contributed by atoms with Crippen LogP contribution in [0.5, 0.6) is 0 Å². The Morgan fingerprint density at radius 3 is 2.95 bits per heavy atom. The highest BCUT2D eigenvalue weighted by atomic mass is 16.5. The number of nitrogens with one attached hydrogen (secondary N) is 1. The molecule has 1 aromatic carbocycles. The maximum absolute atomic E-state index is 10.6. The second kappa shape index (κ2) is 7.84. The molecule has 2 rings (SSSR count). The third-order valence-corrected chi connectivity index (χ3v) is 3.63. The first-order valence-corrected chi connectivity index (χ1v) is 7.57. The van der Waals surface area contributed by atoms with E-state index < -0.39 is 0 Å². The number of fused-ring (bicyclic) bond motifs is 1. The van der Waals surface area contributed by atoms with Crippen LogP contribution in [0, 0.1) is 0 Å². The zero-order valence-electron chi connectivity index (χ0n) is 12.8. The fraction of sp³-hybridized carbons (Fsp3) is 0.471. The Hall–Kier alpha value is -1.81. The Balaban J connectivity index is 2.03. The van der Waals surface area contributed by atoms with Crippen LogP contribution in [0.25, 0.3) is 6.08 Å². The summed E-state index contributed by atoms with van der Waals surface area (Å²) in [6, 6.07) is 8.29. The zero-order valence-corrected chi connectivity index (χ0v) is 12.8. The maximum Gasteiger partial charge on any atom is 0.209 e. The predicted octanol–water partition coefficient (Wildman–Crippen LogP) is 2.92. The van der Waals surface area contributed by atoms with Gasteiger partial charge in [0.2, 0.25) is 6.41 Å². The van der Waals surface area contributed by atoms with Crippen LogP contribution >= 0.6 is 0 Å². The third-order valence-electron chi connectivity index (χ3n) is 3.63. The van der Waals surface area contributed by atoms with Crippen LogP contribution in [-0.2, 0) is 9.53 Å². The monoisotopic (exact) mass is 288 g/mol. The van der Waals surface area contributed by atoms with Crippen LogP contribution in [0.3, 0.4) is 0 Å². The number of hydrogen-bond acceptors (Lipinski definition) is 3. The van der Waals surface area contributed by atoms with E-state index in [-0.39, 0.29) is 6.23 Å². The molecule has 1 aromatic rings. The van der Waals surface area contributed by atoms with E-state index in [1.54, 1.807) is 11.9 Å². The van der Waals surface area contributed by atoms with Gasteiger partial charge in [-0.3, -0.25) is 4.79 Å². The van der Waals surface area contributed by atoms with E-state index in [2.05, 4.69) is 36.5 Å². The first-order valence-electron chi connectivity index (χ1n) is 7.57. The van der Waals surface area contributed by atoms with Gasteiger partial charge in [-0.25, -0.2) is 0 Å². The van der Waals surface area contributed by atoms with Crippen molar-refractivity contribution in [3.05, 3.63) is 41.1 Å². The van der Waals surface area contributed by atoms with Gasteiger partial charge in [0, 0.05) is 24.9 Å². The van der Waals surface area contributed by atoms with Crippen LogP contribution in [0.2, 0.25) is 0 Å². The summed E-state index contributed by atoms with van der Waals surface area (Å²) in [5.74, 6) is 0. The molecular weight excluding hydrogens is 264 g/mol. The van der Waals surface area contributed by atoms with E-state index in [0.29, 0.717) is 13.2 Å². The quantitative estimate of drug-likeness (QED) is 0.748. The molecule has 1 aliphatic heterocycles. The fourth-order valence-electron chi connectivity index (χ4n) is 2.37. The van der Waals surface area contributed by atoms with E-state index >= 15 is 0 Å². The number of allylic oxidation sites excluding steroid dienone is 1. The second-order valence-corrected chi connectivity index (χ2v) is 5.38. The number of carbonyl (C=O) groups excluding carboxylic acids is 1. The van der Waals surface area contributed by atoms with Crippen LogP contribution in [0.4, 0.5) is 0 Å². The highest BCUT2D eigenvalue weighted by Crippen LogP contribution is 2.28. The SMILES string of the molecule is CCCCC1=Cc2ccccc2C(OCCN(C)C=O)N1. The van der Waals surface area contributed by atoms with E-state index in [1.165, 1.54) is 24.1 Å². The molecule has 1 amide bonds. The highest BCUT2D eigenvalue weighted by Gasteiger charge is 2.20. The standard InChI is InChI=1S/C17H24N2O2/c1-3-4-8-15-12-14-7-5-6-9-16(14)17(18-15)21-11-10-19(2)13-20/h5-7,9,12-13,17-18H,3-4,8,10-11H2,1-2H3. The Bertz CT molecular complexity index is 499. The van der Waals surface area contributed by atoms with Gasteiger partial charge in [-0.1, -0.05) is 37.6 Å². The van der Waals surface area contributed by atoms with E-state index in [9.17, 15) is 4.79 Å². The lowest BCUT2D eigenvalue weighted by atomic mass is 9.99. The van der Waals surface area contributed by atoms with E-state index in [0.717, 1.165) is 18.4 Å². The number of carbonyl (C=O) groups is 1. The number of hydrogen-bond donors (Lipinski definition) is 1. The molecule has 0 fully saturated rings. The van der Waals surface area contributed by atoms with Gasteiger partial charge in [-0.15, -0.1) is 0 Å². The lowest BCUT2D eigenvalue weighted by Gasteiger charge is -2.28. The molecule has 0 saturated carbocycles. The normalized spacial score (nSPS) is 16.7. The van der Waals surface area contributed by atoms with Gasteiger partial charge >= 0.3 is 0 Å². The van der Waals surface area contributed by atoms with Gasteiger partial charge in [0.05, 0.1) is 6.61 Å². The number of ether oxygens (including phenoxy) is 1. The van der Waals surface area contributed by atoms with Gasteiger partial charge in [0.1, 0.15) is 0 Å². The average molecular weight is 288 g/mol. The van der Waals surface area contributed by atoms with Crippen molar-refractivity contribution in [2.45, 2.75) is 32.4 Å². The van der Waals surface area contributed by atoms with Gasteiger partial charge < -0.3 is 15.0 Å². The molecule has 0 bridgehead atoms. The van der Waals surface area contributed by atoms with Crippen molar-refractivity contribution >= 4 is 12.5 Å². The number of amides is 1. The summed E-state index contributed by atoms with van der Waals surface area (Å²) in [4.78, 5) is 12.2. The maximum atomic E-state index is 10.6. The number of nitrogens with zero attached hydrogens (tertiary/aromatic N) is 1. The molecule has 1 heterocycles. The minimum atomic E-state index is -0.127. The lowest BCUT2D eigenvalue weighted by Crippen LogP contribution is -2.30. The second-order valence-electron chi connectivity index (χ2n) is 5.38. The summed E-state index contributed by atoms with van der Waals surface area (Å²) in [5.41, 5.74) is 3.60. The number of unbranched alkanes of at least 4 members (excludes halogenated alkanes) is 1. The van der Waals surface area contributed by atoms with E-state index in [1.807, 2.05) is 6.07 Å². The molecule has 0 saturated heterocycles. The summed E-state index contributed by atoms with van der Waals surface area (Å²) in [5, 5.41) is 3.47. The van der Waals surface area contributed by atoms with Crippen molar-refractivity contribution in [1.29, 1.82) is 0 Å². The summed E-state index contributed by atoms with van der Waals surface area (Å²) < 4.78 is 5.94.